The van der Waals surface area contributed by atoms with Gasteiger partial charge in [0.1, 0.15) is 12.4 Å². The minimum absolute atomic E-state index is 0. The highest BCUT2D eigenvalue weighted by atomic mass is 127. The molecule has 10 heteroatoms. The third-order valence-electron chi connectivity index (χ3n) is 4.48. The van der Waals surface area contributed by atoms with Crippen molar-refractivity contribution in [2.24, 2.45) is 10.9 Å². The molecule has 0 bridgehead atoms. The van der Waals surface area contributed by atoms with Crippen molar-refractivity contribution >= 4 is 29.9 Å². The molecule has 0 saturated heterocycles. The fourth-order valence-electron chi connectivity index (χ4n) is 3.21. The van der Waals surface area contributed by atoms with Crippen LogP contribution in [0.1, 0.15) is 31.9 Å². The van der Waals surface area contributed by atoms with E-state index in [4.69, 9.17) is 9.73 Å². The predicted octanol–water partition coefficient (Wildman–Crippen LogP) is 1.45. The Morgan fingerprint density at radius 3 is 3.04 bits per heavy atom. The van der Waals surface area contributed by atoms with E-state index in [1.807, 2.05) is 21.6 Å². The van der Waals surface area contributed by atoms with Gasteiger partial charge in [-0.1, -0.05) is 6.92 Å². The molecule has 0 amide bonds. The van der Waals surface area contributed by atoms with Gasteiger partial charge in [0.15, 0.2) is 11.8 Å². The summed E-state index contributed by atoms with van der Waals surface area (Å²) < 4.78 is 9.07. The molecular weight excluding hydrogens is 471 g/mol. The van der Waals surface area contributed by atoms with E-state index >= 15 is 0 Å². The quantitative estimate of drug-likeness (QED) is 0.323. The largest absolute Gasteiger partial charge is 0.377 e. The molecule has 156 valence electrons. The summed E-state index contributed by atoms with van der Waals surface area (Å²) in [7, 11) is 1.66. The maximum absolute atomic E-state index is 5.13. The number of guanidine groups is 1. The molecule has 1 aliphatic rings. The van der Waals surface area contributed by atoms with Crippen molar-refractivity contribution < 1.29 is 4.74 Å². The van der Waals surface area contributed by atoms with Gasteiger partial charge in [-0.15, -0.1) is 24.0 Å². The van der Waals surface area contributed by atoms with Crippen molar-refractivity contribution in [1.82, 2.24) is 35.2 Å². The molecule has 2 aromatic heterocycles. The van der Waals surface area contributed by atoms with Crippen LogP contribution in [0.2, 0.25) is 0 Å². The molecule has 2 unspecified atom stereocenters. The van der Waals surface area contributed by atoms with Crippen molar-refractivity contribution in [3.8, 4) is 0 Å². The predicted molar refractivity (Wildman–Crippen MR) is 119 cm³/mol. The first-order valence-electron chi connectivity index (χ1n) is 9.61. The normalized spacial score (nSPS) is 17.5. The van der Waals surface area contributed by atoms with Crippen LogP contribution in [-0.4, -0.2) is 56.7 Å². The van der Waals surface area contributed by atoms with Crippen molar-refractivity contribution in [3.63, 3.8) is 0 Å². The van der Waals surface area contributed by atoms with Crippen LogP contribution in [-0.2, 0) is 30.9 Å². The molecule has 0 aromatic carbocycles. The zero-order chi connectivity index (χ0) is 19.1. The topological polar surface area (TPSA) is 94.2 Å². The lowest BCUT2D eigenvalue weighted by atomic mass is 10.1. The number of aromatic nitrogens is 5. The van der Waals surface area contributed by atoms with Gasteiger partial charge in [0.05, 0.1) is 6.54 Å². The minimum atomic E-state index is 0. The van der Waals surface area contributed by atoms with E-state index in [-0.39, 0.29) is 30.0 Å². The Bertz CT molecular complexity index is 730. The zero-order valence-corrected chi connectivity index (χ0v) is 19.2. The number of nitrogens with zero attached hydrogens (tertiary/aromatic N) is 6. The summed E-state index contributed by atoms with van der Waals surface area (Å²) in [6, 6.07) is 2.23. The summed E-state index contributed by atoms with van der Waals surface area (Å²) in [4.78, 5) is 9.30. The van der Waals surface area contributed by atoms with Gasteiger partial charge in [0, 0.05) is 51.6 Å². The molecule has 0 fully saturated rings. The fourth-order valence-corrected chi connectivity index (χ4v) is 3.21. The average Bonchev–Trinajstić information content (AvgIpc) is 3.29. The molecule has 0 radical (unpaired) electrons. The summed E-state index contributed by atoms with van der Waals surface area (Å²) in [5.41, 5.74) is 0. The van der Waals surface area contributed by atoms with Gasteiger partial charge in [0.25, 0.3) is 0 Å². The summed E-state index contributed by atoms with van der Waals surface area (Å²) in [6.07, 6.45) is 5.71. The molecule has 28 heavy (non-hydrogen) atoms. The molecule has 2 atom stereocenters. The standard InChI is InChI=1S/C18H30N8O.HI/c1-4-19-18(20-10-14(2)11-25-9-5-8-21-25)22-15-6-7-17-23-16(13-27-3)24-26(17)12-15;/h5,8-9,14-15H,4,6-7,10-13H2,1-3H3,(H2,19,20,22);1H. The van der Waals surface area contributed by atoms with E-state index in [1.165, 1.54) is 0 Å². The van der Waals surface area contributed by atoms with Crippen LogP contribution in [0.15, 0.2) is 23.5 Å². The van der Waals surface area contributed by atoms with Gasteiger partial charge in [0.2, 0.25) is 0 Å². The van der Waals surface area contributed by atoms with Crippen LogP contribution in [0.25, 0.3) is 0 Å². The van der Waals surface area contributed by atoms with Crippen LogP contribution in [0, 0.1) is 5.92 Å². The molecule has 1 aliphatic heterocycles. The lowest BCUT2D eigenvalue weighted by molar-refractivity contribution is 0.177. The summed E-state index contributed by atoms with van der Waals surface area (Å²) >= 11 is 0. The third kappa shape index (κ3) is 6.43. The molecule has 0 aliphatic carbocycles. The second-order valence-electron chi connectivity index (χ2n) is 6.99. The Morgan fingerprint density at radius 2 is 2.32 bits per heavy atom. The smallest absolute Gasteiger partial charge is 0.191 e. The Hall–Kier alpha value is -1.69. The number of rotatable bonds is 8. The highest BCUT2D eigenvalue weighted by Gasteiger charge is 2.22. The van der Waals surface area contributed by atoms with Gasteiger partial charge in [-0.3, -0.25) is 9.67 Å². The Kier molecular flexibility index (Phi) is 9.16. The number of hydrogen-bond donors (Lipinski definition) is 2. The molecular formula is C18H31IN8O. The van der Waals surface area contributed by atoms with Crippen LogP contribution in [0.3, 0.4) is 0 Å². The lowest BCUT2D eigenvalue weighted by Gasteiger charge is -2.25. The number of aryl methyl sites for hydroxylation is 1. The monoisotopic (exact) mass is 502 g/mol. The molecule has 2 N–H and O–H groups in total. The second kappa shape index (κ2) is 11.3. The fraction of sp³-hybridized carbons (Fsp3) is 0.667. The first-order chi connectivity index (χ1) is 13.2. The van der Waals surface area contributed by atoms with Crippen LogP contribution in [0.5, 0.6) is 0 Å². The molecule has 0 spiro atoms. The number of aliphatic imine (C=N–C) groups is 1. The Balaban J connectivity index is 0.00000280. The van der Waals surface area contributed by atoms with Gasteiger partial charge in [-0.05, 0) is 25.3 Å². The van der Waals surface area contributed by atoms with E-state index in [2.05, 4.69) is 39.7 Å². The van der Waals surface area contributed by atoms with E-state index in [1.54, 1.807) is 13.3 Å². The van der Waals surface area contributed by atoms with Crippen LogP contribution in [0.4, 0.5) is 0 Å². The second-order valence-corrected chi connectivity index (χ2v) is 6.99. The number of methoxy groups -OCH3 is 1. The maximum atomic E-state index is 5.13. The number of fused-ring (bicyclic) bond motifs is 1. The zero-order valence-electron chi connectivity index (χ0n) is 16.8. The Morgan fingerprint density at radius 1 is 1.46 bits per heavy atom. The van der Waals surface area contributed by atoms with Gasteiger partial charge < -0.3 is 15.4 Å². The number of ether oxygens (including phenoxy) is 1. The number of hydrogen-bond acceptors (Lipinski definition) is 5. The highest BCUT2D eigenvalue weighted by molar-refractivity contribution is 14.0. The summed E-state index contributed by atoms with van der Waals surface area (Å²) in [5.74, 6) is 3.05. The summed E-state index contributed by atoms with van der Waals surface area (Å²) in [5, 5.41) is 15.7. The molecule has 2 aromatic rings. The average molecular weight is 502 g/mol. The highest BCUT2D eigenvalue weighted by Crippen LogP contribution is 2.13. The van der Waals surface area contributed by atoms with Crippen LogP contribution < -0.4 is 10.6 Å². The van der Waals surface area contributed by atoms with Gasteiger partial charge >= 0.3 is 0 Å². The number of nitrogens with one attached hydrogen (secondary N) is 2. The maximum Gasteiger partial charge on any atom is 0.191 e. The van der Waals surface area contributed by atoms with Crippen molar-refractivity contribution in [2.75, 3.05) is 20.2 Å². The van der Waals surface area contributed by atoms with E-state index in [0.29, 0.717) is 12.5 Å². The van der Waals surface area contributed by atoms with Crippen molar-refractivity contribution in [2.45, 2.75) is 52.4 Å². The third-order valence-corrected chi connectivity index (χ3v) is 4.48. The lowest BCUT2D eigenvalue weighted by Crippen LogP contribution is -2.47. The van der Waals surface area contributed by atoms with Gasteiger partial charge in [-0.2, -0.15) is 10.2 Å². The van der Waals surface area contributed by atoms with Gasteiger partial charge in [-0.25, -0.2) is 9.67 Å². The molecule has 0 saturated carbocycles. The molecule has 9 nitrogen and oxygen atoms in total. The Labute approximate surface area is 183 Å². The van der Waals surface area contributed by atoms with E-state index in [0.717, 1.165) is 56.6 Å². The minimum Gasteiger partial charge on any atom is -0.377 e. The SMILES string of the molecule is CCNC(=NCC(C)Cn1cccn1)NC1CCc2nc(COC)nn2C1.I. The van der Waals surface area contributed by atoms with Crippen LogP contribution >= 0.6 is 24.0 Å². The first kappa shape index (κ1) is 22.6. The molecule has 3 rings (SSSR count). The molecule has 3 heterocycles. The summed E-state index contributed by atoms with van der Waals surface area (Å²) in [6.45, 7) is 7.96. The number of halogens is 1. The first-order valence-corrected chi connectivity index (χ1v) is 9.61. The van der Waals surface area contributed by atoms with Crippen molar-refractivity contribution in [3.05, 3.63) is 30.1 Å². The van der Waals surface area contributed by atoms with E-state index in [9.17, 15) is 0 Å². The van der Waals surface area contributed by atoms with Crippen molar-refractivity contribution in [1.29, 1.82) is 0 Å². The van der Waals surface area contributed by atoms with E-state index < -0.39 is 0 Å².